The van der Waals surface area contributed by atoms with Crippen molar-refractivity contribution in [1.82, 2.24) is 0 Å². The van der Waals surface area contributed by atoms with Crippen molar-refractivity contribution >= 4 is 7.82 Å². The Hall–Kier alpha value is -0.870. The van der Waals surface area contributed by atoms with Gasteiger partial charge in [0.1, 0.15) is 5.75 Å². The van der Waals surface area contributed by atoms with Crippen molar-refractivity contribution in [1.29, 1.82) is 0 Å². The number of phenolic OH excluding ortho intramolecular Hbond substituents is 1. The lowest BCUT2D eigenvalue weighted by Gasteiger charge is -2.50. The fourth-order valence-corrected chi connectivity index (χ4v) is 6.54. The van der Waals surface area contributed by atoms with Gasteiger partial charge in [-0.2, -0.15) is 0 Å². The summed E-state index contributed by atoms with van der Waals surface area (Å²) in [5, 5.41) is 9.73. The molecule has 6 heteroatoms. The zero-order chi connectivity index (χ0) is 17.1. The Kier molecular flexibility index (Phi) is 3.85. The first-order valence-electron chi connectivity index (χ1n) is 8.84. The molecule has 0 aliphatic heterocycles. The molecule has 0 aromatic heterocycles. The second-order valence-corrected chi connectivity index (χ2v) is 9.20. The molecule has 5 atom stereocenters. The maximum absolute atomic E-state index is 11.3. The summed E-state index contributed by atoms with van der Waals surface area (Å²) < 4.78 is 16.5. The van der Waals surface area contributed by atoms with Crippen molar-refractivity contribution in [3.05, 3.63) is 29.3 Å². The molecule has 3 aliphatic rings. The van der Waals surface area contributed by atoms with E-state index >= 15 is 0 Å². The minimum atomic E-state index is -4.44. The van der Waals surface area contributed by atoms with Gasteiger partial charge < -0.3 is 14.9 Å². The van der Waals surface area contributed by atoms with Crippen LogP contribution in [-0.2, 0) is 15.5 Å². The first kappa shape index (κ1) is 16.6. The van der Waals surface area contributed by atoms with E-state index in [4.69, 9.17) is 4.52 Å². The van der Waals surface area contributed by atoms with E-state index in [1.54, 1.807) is 6.07 Å². The molecule has 24 heavy (non-hydrogen) atoms. The standard InChI is InChI=1S/C18H25O5P/c1-18-9-8-14-13-5-3-12(19)10-11(13)2-4-15(14)16(18)6-7-17(18)23-24(20,21)22/h3,5,10,14-17,19H,2,4,6-9H2,1H3,(H2,20,21,22)/t14-,15-,16+,17?,18+/m1/s1. The van der Waals surface area contributed by atoms with E-state index in [9.17, 15) is 19.5 Å². The Morgan fingerprint density at radius 3 is 2.75 bits per heavy atom. The minimum Gasteiger partial charge on any atom is -0.508 e. The summed E-state index contributed by atoms with van der Waals surface area (Å²) in [7, 11) is -4.44. The average Bonchev–Trinajstić information content (AvgIpc) is 2.82. The molecular weight excluding hydrogens is 327 g/mol. The van der Waals surface area contributed by atoms with Crippen LogP contribution in [0.25, 0.3) is 0 Å². The summed E-state index contributed by atoms with van der Waals surface area (Å²) in [6.45, 7) is 2.16. The number of phosphoric ester groups is 1. The van der Waals surface area contributed by atoms with Gasteiger partial charge in [0.05, 0.1) is 6.10 Å². The predicted molar refractivity (Wildman–Crippen MR) is 89.6 cm³/mol. The van der Waals surface area contributed by atoms with E-state index in [2.05, 4.69) is 13.0 Å². The number of benzene rings is 1. The highest BCUT2D eigenvalue weighted by Gasteiger charge is 2.56. The van der Waals surface area contributed by atoms with Gasteiger partial charge in [0, 0.05) is 0 Å². The van der Waals surface area contributed by atoms with Gasteiger partial charge in [0.25, 0.3) is 0 Å². The van der Waals surface area contributed by atoms with Gasteiger partial charge in [-0.1, -0.05) is 13.0 Å². The molecule has 1 unspecified atom stereocenters. The molecule has 0 amide bonds. The molecule has 5 nitrogen and oxygen atoms in total. The first-order chi connectivity index (χ1) is 11.3. The number of aromatic hydroxyl groups is 1. The Labute approximate surface area is 142 Å². The molecule has 0 spiro atoms. The van der Waals surface area contributed by atoms with E-state index < -0.39 is 7.82 Å². The third-order valence-electron chi connectivity index (χ3n) is 6.89. The number of hydrogen-bond donors (Lipinski definition) is 3. The van der Waals surface area contributed by atoms with Crippen molar-refractivity contribution in [2.75, 3.05) is 0 Å². The normalized spacial score (nSPS) is 38.3. The molecule has 2 fully saturated rings. The summed E-state index contributed by atoms with van der Waals surface area (Å²) in [6.07, 6.45) is 5.39. The fraction of sp³-hybridized carbons (Fsp3) is 0.667. The van der Waals surface area contributed by atoms with Crippen LogP contribution in [0.4, 0.5) is 0 Å². The quantitative estimate of drug-likeness (QED) is 0.706. The summed E-state index contributed by atoms with van der Waals surface area (Å²) in [4.78, 5) is 18.5. The van der Waals surface area contributed by atoms with Crippen molar-refractivity contribution < 1.29 is 24.0 Å². The lowest BCUT2D eigenvalue weighted by atomic mass is 9.55. The van der Waals surface area contributed by atoms with E-state index in [1.165, 1.54) is 11.1 Å². The number of phosphoric acid groups is 1. The van der Waals surface area contributed by atoms with Crippen molar-refractivity contribution in [2.45, 2.75) is 57.5 Å². The Balaban J connectivity index is 1.62. The maximum Gasteiger partial charge on any atom is 0.469 e. The van der Waals surface area contributed by atoms with Crippen LogP contribution in [0.3, 0.4) is 0 Å². The van der Waals surface area contributed by atoms with Crippen LogP contribution in [-0.4, -0.2) is 21.0 Å². The molecular formula is C18H25O5P. The van der Waals surface area contributed by atoms with Gasteiger partial charge in [0.2, 0.25) is 0 Å². The summed E-state index contributed by atoms with van der Waals surface area (Å²) in [5.74, 6) is 1.84. The van der Waals surface area contributed by atoms with Gasteiger partial charge in [-0.25, -0.2) is 4.57 Å². The van der Waals surface area contributed by atoms with Crippen LogP contribution in [0, 0.1) is 17.3 Å². The minimum absolute atomic E-state index is 0.142. The van der Waals surface area contributed by atoms with Crippen LogP contribution in [0.1, 0.15) is 56.1 Å². The van der Waals surface area contributed by atoms with E-state index in [-0.39, 0.29) is 11.5 Å². The topological polar surface area (TPSA) is 87.0 Å². The molecule has 4 rings (SSSR count). The van der Waals surface area contributed by atoms with Gasteiger partial charge in [-0.3, -0.25) is 4.52 Å². The molecule has 132 valence electrons. The van der Waals surface area contributed by atoms with Gasteiger partial charge in [-0.05, 0) is 85.0 Å². The molecule has 3 N–H and O–H groups in total. The van der Waals surface area contributed by atoms with E-state index in [0.29, 0.717) is 23.5 Å². The number of rotatable bonds is 2. The monoisotopic (exact) mass is 352 g/mol. The van der Waals surface area contributed by atoms with E-state index in [1.807, 2.05) is 6.07 Å². The van der Waals surface area contributed by atoms with Gasteiger partial charge >= 0.3 is 7.82 Å². The third-order valence-corrected chi connectivity index (χ3v) is 7.42. The molecule has 0 saturated heterocycles. The zero-order valence-electron chi connectivity index (χ0n) is 13.9. The Morgan fingerprint density at radius 2 is 2.00 bits per heavy atom. The molecule has 0 bridgehead atoms. The molecule has 3 aliphatic carbocycles. The summed E-state index contributed by atoms with van der Waals surface area (Å²) >= 11 is 0. The maximum atomic E-state index is 11.3. The molecule has 1 aromatic rings. The van der Waals surface area contributed by atoms with Crippen molar-refractivity contribution in [2.24, 2.45) is 17.3 Å². The predicted octanol–water partition coefficient (Wildman–Crippen LogP) is 3.73. The highest BCUT2D eigenvalue weighted by atomic mass is 31.2. The molecule has 1 aromatic carbocycles. The number of phenols is 1. The number of hydrogen-bond acceptors (Lipinski definition) is 3. The van der Waals surface area contributed by atoms with Crippen LogP contribution in [0.2, 0.25) is 0 Å². The molecule has 2 saturated carbocycles. The third kappa shape index (κ3) is 2.62. The fourth-order valence-electron chi connectivity index (χ4n) is 5.86. The van der Waals surface area contributed by atoms with Crippen molar-refractivity contribution in [3.8, 4) is 5.75 Å². The second kappa shape index (κ2) is 5.57. The van der Waals surface area contributed by atoms with Gasteiger partial charge in [-0.15, -0.1) is 0 Å². The Bertz CT molecular complexity index is 699. The van der Waals surface area contributed by atoms with Crippen LogP contribution >= 0.6 is 7.82 Å². The van der Waals surface area contributed by atoms with Gasteiger partial charge in [0.15, 0.2) is 0 Å². The van der Waals surface area contributed by atoms with Crippen LogP contribution < -0.4 is 0 Å². The Morgan fingerprint density at radius 1 is 1.21 bits per heavy atom. The summed E-state index contributed by atoms with van der Waals surface area (Å²) in [6, 6.07) is 5.75. The first-order valence-corrected chi connectivity index (χ1v) is 10.4. The molecule has 0 radical (unpaired) electrons. The highest BCUT2D eigenvalue weighted by Crippen LogP contribution is 2.63. The SMILES string of the molecule is C[C@]12CC[C@@H]3c4ccc(O)cc4CC[C@H]3[C@@H]1CCC2OP(=O)(O)O. The smallest absolute Gasteiger partial charge is 0.469 e. The lowest BCUT2D eigenvalue weighted by molar-refractivity contribution is -0.0217. The largest absolute Gasteiger partial charge is 0.508 e. The van der Waals surface area contributed by atoms with Crippen LogP contribution in [0.15, 0.2) is 18.2 Å². The summed E-state index contributed by atoms with van der Waals surface area (Å²) in [5.41, 5.74) is 2.49. The van der Waals surface area contributed by atoms with Crippen LogP contribution in [0.5, 0.6) is 5.75 Å². The molecule has 0 heterocycles. The zero-order valence-corrected chi connectivity index (χ0v) is 14.8. The van der Waals surface area contributed by atoms with Crippen molar-refractivity contribution in [3.63, 3.8) is 0 Å². The lowest BCUT2D eigenvalue weighted by Crippen LogP contribution is -2.44. The number of fused-ring (bicyclic) bond motifs is 5. The second-order valence-electron chi connectivity index (χ2n) is 8.01. The highest BCUT2D eigenvalue weighted by molar-refractivity contribution is 7.46. The number of aryl methyl sites for hydroxylation is 1. The van der Waals surface area contributed by atoms with E-state index in [0.717, 1.165) is 38.5 Å². The average molecular weight is 352 g/mol.